The summed E-state index contributed by atoms with van der Waals surface area (Å²) in [5.41, 5.74) is 0.959. The fraction of sp³-hybridized carbons (Fsp3) is 0.556. The van der Waals surface area contributed by atoms with E-state index < -0.39 is 11.7 Å². The van der Waals surface area contributed by atoms with Crippen LogP contribution in [0.15, 0.2) is 18.2 Å². The molecule has 1 N–H and O–H groups in total. The molecule has 130 valence electrons. The Kier molecular flexibility index (Phi) is 4.24. The maximum absolute atomic E-state index is 13.6. The number of alkyl carbamates (subject to hydrolysis) is 1. The molecular weight excluding hydrogens is 309 g/mol. The Balaban J connectivity index is 1.88. The highest BCUT2D eigenvalue weighted by Crippen LogP contribution is 2.33. The van der Waals surface area contributed by atoms with Crippen LogP contribution in [0.3, 0.4) is 0 Å². The summed E-state index contributed by atoms with van der Waals surface area (Å²) < 4.78 is 21.0. The molecule has 1 aliphatic rings. The van der Waals surface area contributed by atoms with Crippen LogP contribution in [0.4, 0.5) is 9.18 Å². The van der Waals surface area contributed by atoms with Crippen LogP contribution in [0, 0.1) is 11.7 Å². The van der Waals surface area contributed by atoms with Gasteiger partial charge in [0.05, 0.1) is 17.1 Å². The summed E-state index contributed by atoms with van der Waals surface area (Å²) in [6.45, 7) is 8.13. The van der Waals surface area contributed by atoms with Gasteiger partial charge in [0, 0.05) is 6.54 Å². The van der Waals surface area contributed by atoms with Crippen LogP contribution in [0.5, 0.6) is 0 Å². The van der Waals surface area contributed by atoms with E-state index in [-0.39, 0.29) is 11.9 Å². The molecule has 0 bridgehead atoms. The number of carbonyl (C=O) groups excluding carboxylic acids is 1. The zero-order valence-electron chi connectivity index (χ0n) is 14.6. The first kappa shape index (κ1) is 16.7. The molecule has 24 heavy (non-hydrogen) atoms. The van der Waals surface area contributed by atoms with Gasteiger partial charge in [-0.15, -0.1) is 0 Å². The average Bonchev–Trinajstić information content (AvgIpc) is 3.18. The van der Waals surface area contributed by atoms with E-state index in [1.54, 1.807) is 6.07 Å². The van der Waals surface area contributed by atoms with Crippen molar-refractivity contribution >= 4 is 17.1 Å². The van der Waals surface area contributed by atoms with Crippen molar-refractivity contribution in [2.45, 2.75) is 58.7 Å². The number of hydrogen-bond donors (Lipinski definition) is 1. The summed E-state index contributed by atoms with van der Waals surface area (Å²) in [5.74, 6) is 1.06. The minimum atomic E-state index is -0.554. The summed E-state index contributed by atoms with van der Waals surface area (Å²) in [5, 5.41) is 2.82. The lowest BCUT2D eigenvalue weighted by Gasteiger charge is -2.22. The van der Waals surface area contributed by atoms with E-state index in [4.69, 9.17) is 4.74 Å². The van der Waals surface area contributed by atoms with Crippen LogP contribution in [0.1, 0.15) is 52.4 Å². The number of nitrogens with one attached hydrogen (secondary N) is 1. The van der Waals surface area contributed by atoms with Crippen LogP contribution in [-0.2, 0) is 11.3 Å². The van der Waals surface area contributed by atoms with Crippen LogP contribution in [-0.4, -0.2) is 21.2 Å². The third-order valence-corrected chi connectivity index (χ3v) is 4.00. The van der Waals surface area contributed by atoms with Gasteiger partial charge in [0.25, 0.3) is 0 Å². The zero-order chi connectivity index (χ0) is 17.5. The molecule has 0 aliphatic heterocycles. The lowest BCUT2D eigenvalue weighted by Crippen LogP contribution is -2.35. The monoisotopic (exact) mass is 333 g/mol. The van der Waals surface area contributed by atoms with Crippen molar-refractivity contribution in [3.63, 3.8) is 0 Å². The smallest absolute Gasteiger partial charge is 0.408 e. The fourth-order valence-corrected chi connectivity index (χ4v) is 2.74. The van der Waals surface area contributed by atoms with Crippen molar-refractivity contribution in [2.24, 2.45) is 5.92 Å². The van der Waals surface area contributed by atoms with Crippen LogP contribution in [0.25, 0.3) is 11.0 Å². The molecule has 1 saturated carbocycles. The van der Waals surface area contributed by atoms with Gasteiger partial charge in [-0.3, -0.25) is 0 Å². The standard InChI is InChI=1S/C18H24FN3O2/c1-11(20-17(23)24-18(2,3)4)16-21-14-8-7-13(19)9-15(14)22(16)10-12-5-6-12/h7-9,11-12H,5-6,10H2,1-4H3,(H,20,23). The highest BCUT2D eigenvalue weighted by molar-refractivity contribution is 5.76. The Morgan fingerprint density at radius 3 is 2.79 bits per heavy atom. The molecule has 2 aromatic rings. The molecule has 6 heteroatoms. The predicted octanol–water partition coefficient (Wildman–Crippen LogP) is 4.17. The first-order chi connectivity index (χ1) is 11.2. The van der Waals surface area contributed by atoms with Crippen molar-refractivity contribution in [3.8, 4) is 0 Å². The summed E-state index contributed by atoms with van der Waals surface area (Å²) in [7, 11) is 0. The van der Waals surface area contributed by atoms with Crippen molar-refractivity contribution in [1.29, 1.82) is 0 Å². The number of fused-ring (bicyclic) bond motifs is 1. The predicted molar refractivity (Wildman–Crippen MR) is 90.2 cm³/mol. The number of amides is 1. The molecular formula is C18H24FN3O2. The Morgan fingerprint density at radius 1 is 1.46 bits per heavy atom. The molecule has 0 radical (unpaired) electrons. The van der Waals surface area contributed by atoms with E-state index in [0.717, 1.165) is 23.4 Å². The van der Waals surface area contributed by atoms with Crippen molar-refractivity contribution in [3.05, 3.63) is 29.8 Å². The Bertz CT molecular complexity index is 759. The van der Waals surface area contributed by atoms with E-state index in [0.29, 0.717) is 5.92 Å². The summed E-state index contributed by atoms with van der Waals surface area (Å²) in [4.78, 5) is 16.6. The van der Waals surface area contributed by atoms with Gasteiger partial charge >= 0.3 is 6.09 Å². The Morgan fingerprint density at radius 2 is 2.17 bits per heavy atom. The first-order valence-electron chi connectivity index (χ1n) is 8.38. The second-order valence-corrected chi connectivity index (χ2v) is 7.52. The molecule has 0 spiro atoms. The molecule has 0 saturated heterocycles. The quantitative estimate of drug-likeness (QED) is 0.913. The average molecular weight is 333 g/mol. The molecule has 1 aromatic carbocycles. The number of nitrogens with zero attached hydrogens (tertiary/aromatic N) is 2. The van der Waals surface area contributed by atoms with E-state index in [2.05, 4.69) is 10.3 Å². The molecule has 5 nitrogen and oxygen atoms in total. The molecule has 1 fully saturated rings. The number of rotatable bonds is 4. The lowest BCUT2D eigenvalue weighted by molar-refractivity contribution is 0.0505. The highest BCUT2D eigenvalue weighted by atomic mass is 19.1. The number of hydrogen-bond acceptors (Lipinski definition) is 3. The number of imidazole rings is 1. The molecule has 1 aromatic heterocycles. The van der Waals surface area contributed by atoms with E-state index >= 15 is 0 Å². The first-order valence-corrected chi connectivity index (χ1v) is 8.38. The molecule has 1 atom stereocenters. The second kappa shape index (κ2) is 6.07. The second-order valence-electron chi connectivity index (χ2n) is 7.52. The van der Waals surface area contributed by atoms with E-state index in [1.165, 1.54) is 25.0 Å². The van der Waals surface area contributed by atoms with Gasteiger partial charge in [0.2, 0.25) is 0 Å². The maximum Gasteiger partial charge on any atom is 0.408 e. The van der Waals surface area contributed by atoms with Crippen molar-refractivity contribution in [1.82, 2.24) is 14.9 Å². The number of benzene rings is 1. The summed E-state index contributed by atoms with van der Waals surface area (Å²) in [6.07, 6.45) is 1.89. The van der Waals surface area contributed by atoms with Crippen LogP contribution < -0.4 is 5.32 Å². The number of aromatic nitrogens is 2. The van der Waals surface area contributed by atoms with Crippen molar-refractivity contribution < 1.29 is 13.9 Å². The topological polar surface area (TPSA) is 56.1 Å². The SMILES string of the molecule is CC(NC(=O)OC(C)(C)C)c1nc2ccc(F)cc2n1CC1CC1. The molecule has 1 unspecified atom stereocenters. The van der Waals surface area contributed by atoms with Gasteiger partial charge in [0.1, 0.15) is 17.2 Å². The number of halogens is 1. The van der Waals surface area contributed by atoms with Gasteiger partial charge in [-0.2, -0.15) is 0 Å². The third-order valence-electron chi connectivity index (χ3n) is 4.00. The summed E-state index contributed by atoms with van der Waals surface area (Å²) in [6, 6.07) is 4.27. The largest absolute Gasteiger partial charge is 0.444 e. The number of carbonyl (C=O) groups is 1. The molecule has 3 rings (SSSR count). The third kappa shape index (κ3) is 3.86. The van der Waals surface area contributed by atoms with Gasteiger partial charge in [-0.05, 0) is 64.7 Å². The molecule has 1 amide bonds. The van der Waals surface area contributed by atoms with E-state index in [1.807, 2.05) is 32.3 Å². The maximum atomic E-state index is 13.6. The minimum Gasteiger partial charge on any atom is -0.444 e. The number of ether oxygens (including phenoxy) is 1. The fourth-order valence-electron chi connectivity index (χ4n) is 2.74. The minimum absolute atomic E-state index is 0.279. The Hall–Kier alpha value is -2.11. The van der Waals surface area contributed by atoms with Gasteiger partial charge in [-0.25, -0.2) is 14.2 Å². The normalized spacial score (nSPS) is 16.2. The van der Waals surface area contributed by atoms with Crippen molar-refractivity contribution in [2.75, 3.05) is 0 Å². The summed E-state index contributed by atoms with van der Waals surface area (Å²) >= 11 is 0. The lowest BCUT2D eigenvalue weighted by atomic mass is 10.2. The Labute approximate surface area is 141 Å². The van der Waals surface area contributed by atoms with Gasteiger partial charge < -0.3 is 14.6 Å². The highest BCUT2D eigenvalue weighted by Gasteiger charge is 2.27. The van der Waals surface area contributed by atoms with Crippen LogP contribution in [0.2, 0.25) is 0 Å². The van der Waals surface area contributed by atoms with E-state index in [9.17, 15) is 9.18 Å². The van der Waals surface area contributed by atoms with Crippen LogP contribution >= 0.6 is 0 Å². The zero-order valence-corrected chi connectivity index (χ0v) is 14.6. The van der Waals surface area contributed by atoms with Gasteiger partial charge in [0.15, 0.2) is 0 Å². The molecule has 1 aliphatic carbocycles. The van der Waals surface area contributed by atoms with Gasteiger partial charge in [-0.1, -0.05) is 0 Å². The molecule has 1 heterocycles.